The van der Waals surface area contributed by atoms with Crippen LogP contribution in [0.2, 0.25) is 0 Å². The zero-order valence-corrected chi connectivity index (χ0v) is 13.5. The van der Waals surface area contributed by atoms with Crippen LogP contribution in [0.25, 0.3) is 0 Å². The molecule has 126 valence electrons. The van der Waals surface area contributed by atoms with E-state index in [0.717, 1.165) is 44.6 Å². The molecule has 7 nitrogen and oxygen atoms in total. The summed E-state index contributed by atoms with van der Waals surface area (Å²) in [5, 5.41) is 14.2. The number of piperidine rings is 1. The van der Waals surface area contributed by atoms with Gasteiger partial charge in [0.1, 0.15) is 0 Å². The number of aromatic nitrogens is 2. The van der Waals surface area contributed by atoms with Crippen LogP contribution < -0.4 is 0 Å². The third-order valence-corrected chi connectivity index (χ3v) is 5.38. The molecule has 7 heteroatoms. The maximum absolute atomic E-state index is 11.5. The Morgan fingerprint density at radius 3 is 2.65 bits per heavy atom. The molecule has 0 radical (unpaired) electrons. The number of aliphatic hydroxyl groups excluding tert-OH is 1. The zero-order chi connectivity index (χ0) is 16.0. The van der Waals surface area contributed by atoms with Gasteiger partial charge in [0.05, 0.1) is 12.1 Å². The van der Waals surface area contributed by atoms with Crippen LogP contribution >= 0.6 is 0 Å². The fourth-order valence-electron chi connectivity index (χ4n) is 3.89. The van der Waals surface area contributed by atoms with Gasteiger partial charge in [0, 0.05) is 38.5 Å². The van der Waals surface area contributed by atoms with E-state index in [-0.39, 0.29) is 18.1 Å². The molecule has 3 heterocycles. The lowest BCUT2D eigenvalue weighted by Crippen LogP contribution is -2.46. The lowest BCUT2D eigenvalue weighted by molar-refractivity contribution is -0.130. The largest absolute Gasteiger partial charge is 0.392 e. The highest BCUT2D eigenvalue weighted by Crippen LogP contribution is 2.40. The molecule has 0 aromatic carbocycles. The van der Waals surface area contributed by atoms with Gasteiger partial charge in [-0.15, -0.1) is 0 Å². The van der Waals surface area contributed by atoms with E-state index < -0.39 is 0 Å². The molecule has 0 bridgehead atoms. The van der Waals surface area contributed by atoms with Crippen molar-refractivity contribution in [1.82, 2.24) is 19.9 Å². The van der Waals surface area contributed by atoms with Crippen LogP contribution in [0, 0.1) is 0 Å². The number of amides is 1. The lowest BCUT2D eigenvalue weighted by Gasteiger charge is -2.38. The van der Waals surface area contributed by atoms with E-state index in [1.54, 1.807) is 6.92 Å². The normalized spacial score (nSPS) is 30.1. The highest BCUT2D eigenvalue weighted by Gasteiger charge is 2.41. The van der Waals surface area contributed by atoms with Crippen LogP contribution in [0.15, 0.2) is 4.52 Å². The van der Waals surface area contributed by atoms with Crippen molar-refractivity contribution in [3.05, 3.63) is 11.7 Å². The summed E-state index contributed by atoms with van der Waals surface area (Å²) in [6, 6.07) is 0.378. The molecular weight excluding hydrogens is 296 g/mol. The molecule has 0 spiro atoms. The predicted octanol–water partition coefficient (Wildman–Crippen LogP) is 1.07. The van der Waals surface area contributed by atoms with E-state index in [2.05, 4.69) is 15.0 Å². The number of aliphatic hydroxyl groups is 1. The van der Waals surface area contributed by atoms with E-state index in [1.807, 2.05) is 4.90 Å². The molecule has 3 aliphatic rings. The Labute approximate surface area is 135 Å². The van der Waals surface area contributed by atoms with E-state index in [1.165, 1.54) is 0 Å². The van der Waals surface area contributed by atoms with Gasteiger partial charge in [-0.1, -0.05) is 5.16 Å². The van der Waals surface area contributed by atoms with Crippen molar-refractivity contribution >= 4 is 5.91 Å². The number of hydrogen-bond donors (Lipinski definition) is 1. The van der Waals surface area contributed by atoms with Crippen LogP contribution in [0.1, 0.15) is 62.7 Å². The molecule has 2 saturated heterocycles. The smallest absolute Gasteiger partial charge is 0.244 e. The lowest BCUT2D eigenvalue weighted by atomic mass is 10.0. The third-order valence-electron chi connectivity index (χ3n) is 5.38. The molecule has 4 rings (SSSR count). The Morgan fingerprint density at radius 1 is 1.26 bits per heavy atom. The van der Waals surface area contributed by atoms with Crippen LogP contribution in [0.3, 0.4) is 0 Å². The van der Waals surface area contributed by atoms with E-state index in [4.69, 9.17) is 4.52 Å². The molecule has 1 saturated carbocycles. The van der Waals surface area contributed by atoms with Crippen molar-refractivity contribution < 1.29 is 14.4 Å². The van der Waals surface area contributed by atoms with Crippen LogP contribution in [-0.4, -0.2) is 62.7 Å². The molecule has 0 unspecified atom stereocenters. The van der Waals surface area contributed by atoms with Crippen molar-refractivity contribution in [1.29, 1.82) is 0 Å². The molecule has 2 aliphatic heterocycles. The van der Waals surface area contributed by atoms with Crippen LogP contribution in [-0.2, 0) is 4.79 Å². The Hall–Kier alpha value is -1.47. The minimum Gasteiger partial charge on any atom is -0.392 e. The number of rotatable bonds is 3. The molecule has 23 heavy (non-hydrogen) atoms. The third kappa shape index (κ3) is 2.99. The zero-order valence-electron chi connectivity index (χ0n) is 13.5. The van der Waals surface area contributed by atoms with E-state index in [9.17, 15) is 9.90 Å². The highest BCUT2D eigenvalue weighted by atomic mass is 16.5. The monoisotopic (exact) mass is 320 g/mol. The van der Waals surface area contributed by atoms with Gasteiger partial charge in [0.2, 0.25) is 11.8 Å². The molecule has 1 aromatic rings. The number of carbonyl (C=O) groups excluding carboxylic acids is 1. The molecule has 1 aromatic heterocycles. The van der Waals surface area contributed by atoms with Gasteiger partial charge >= 0.3 is 0 Å². The standard InChI is InChI=1S/C16H24N4O3/c1-10(21)19-6-4-12(5-7-19)20-9-13(22)8-14(20)16-17-15(18-23-16)11-2-3-11/h11-14,22H,2-9H2,1H3/t13-,14+/m1/s1. The maximum Gasteiger partial charge on any atom is 0.244 e. The fourth-order valence-corrected chi connectivity index (χ4v) is 3.89. The maximum atomic E-state index is 11.5. The van der Waals surface area contributed by atoms with Crippen molar-refractivity contribution in [3.8, 4) is 0 Å². The Bertz CT molecular complexity index is 578. The van der Waals surface area contributed by atoms with E-state index >= 15 is 0 Å². The van der Waals surface area contributed by atoms with Gasteiger partial charge in [-0.2, -0.15) is 4.98 Å². The molecular formula is C16H24N4O3. The second-order valence-corrected chi connectivity index (χ2v) is 7.10. The number of β-amino-alcohol motifs (C(OH)–C–C–N with tert-alkyl or cyclic N) is 1. The summed E-state index contributed by atoms with van der Waals surface area (Å²) in [6.07, 6.45) is 4.49. The number of carbonyl (C=O) groups is 1. The predicted molar refractivity (Wildman–Crippen MR) is 81.6 cm³/mol. The minimum absolute atomic E-state index is 0.0129. The molecule has 1 aliphatic carbocycles. The topological polar surface area (TPSA) is 82.7 Å². The Morgan fingerprint density at radius 2 is 2.00 bits per heavy atom. The van der Waals surface area contributed by atoms with Gasteiger partial charge in [-0.05, 0) is 32.1 Å². The van der Waals surface area contributed by atoms with Crippen molar-refractivity contribution in [2.24, 2.45) is 0 Å². The Balaban J connectivity index is 1.46. The minimum atomic E-state index is -0.345. The van der Waals surface area contributed by atoms with Crippen molar-refractivity contribution in [2.45, 2.75) is 63.1 Å². The number of hydrogen-bond acceptors (Lipinski definition) is 6. The Kier molecular flexibility index (Phi) is 3.85. The average Bonchev–Trinajstić information content (AvgIpc) is 3.15. The quantitative estimate of drug-likeness (QED) is 0.897. The van der Waals surface area contributed by atoms with Crippen molar-refractivity contribution in [2.75, 3.05) is 19.6 Å². The second kappa shape index (κ2) is 5.87. The average molecular weight is 320 g/mol. The molecule has 1 amide bonds. The van der Waals surface area contributed by atoms with Gasteiger partial charge < -0.3 is 14.5 Å². The summed E-state index contributed by atoms with van der Waals surface area (Å²) in [7, 11) is 0. The van der Waals surface area contributed by atoms with Crippen molar-refractivity contribution in [3.63, 3.8) is 0 Å². The van der Waals surface area contributed by atoms with Gasteiger partial charge in [0.25, 0.3) is 0 Å². The summed E-state index contributed by atoms with van der Waals surface area (Å²) < 4.78 is 5.50. The molecule has 3 fully saturated rings. The summed E-state index contributed by atoms with van der Waals surface area (Å²) >= 11 is 0. The fraction of sp³-hybridized carbons (Fsp3) is 0.812. The van der Waals surface area contributed by atoms with Gasteiger partial charge in [0.15, 0.2) is 5.82 Å². The van der Waals surface area contributed by atoms with Crippen LogP contribution in [0.4, 0.5) is 0 Å². The molecule has 1 N–H and O–H groups in total. The number of nitrogens with zero attached hydrogens (tertiary/aromatic N) is 4. The van der Waals surface area contributed by atoms with Gasteiger partial charge in [-0.25, -0.2) is 0 Å². The van der Waals surface area contributed by atoms with Gasteiger partial charge in [-0.3, -0.25) is 9.69 Å². The number of likely N-dealkylation sites (tertiary alicyclic amines) is 2. The second-order valence-electron chi connectivity index (χ2n) is 7.10. The molecule has 2 atom stereocenters. The SMILES string of the molecule is CC(=O)N1CCC(N2C[C@H](O)C[C@H]2c2nc(C3CC3)no2)CC1. The summed E-state index contributed by atoms with van der Waals surface area (Å²) in [4.78, 5) is 20.3. The first-order valence-electron chi connectivity index (χ1n) is 8.64. The summed E-state index contributed by atoms with van der Waals surface area (Å²) in [6.45, 7) is 3.85. The summed E-state index contributed by atoms with van der Waals surface area (Å²) in [5.74, 6) is 2.10. The van der Waals surface area contributed by atoms with Crippen LogP contribution in [0.5, 0.6) is 0 Å². The first-order chi connectivity index (χ1) is 11.1. The van der Waals surface area contributed by atoms with E-state index in [0.29, 0.717) is 30.8 Å². The highest BCUT2D eigenvalue weighted by molar-refractivity contribution is 5.73. The first-order valence-corrected chi connectivity index (χ1v) is 8.64. The first kappa shape index (κ1) is 15.1. The summed E-state index contributed by atoms with van der Waals surface area (Å²) in [5.41, 5.74) is 0.